The number of aromatic nitrogens is 1. The van der Waals surface area contributed by atoms with E-state index >= 15 is 0 Å². The Balaban J connectivity index is 1.90. The fraction of sp³-hybridized carbons (Fsp3) is 0.750. The van der Waals surface area contributed by atoms with E-state index in [1.54, 1.807) is 4.88 Å². The van der Waals surface area contributed by atoms with Crippen LogP contribution in [0.3, 0.4) is 0 Å². The second kappa shape index (κ2) is 3.56. The van der Waals surface area contributed by atoms with Crippen molar-refractivity contribution >= 4 is 11.3 Å². The van der Waals surface area contributed by atoms with Gasteiger partial charge in [-0.25, -0.2) is 4.98 Å². The minimum atomic E-state index is 0.268. The molecule has 0 amide bonds. The van der Waals surface area contributed by atoms with E-state index in [2.05, 4.69) is 12.2 Å². The first kappa shape index (κ1) is 9.79. The smallest absolute Gasteiger partial charge is 0.113 e. The quantitative estimate of drug-likeness (QED) is 0.850. The molecule has 0 aliphatic heterocycles. The van der Waals surface area contributed by atoms with Crippen LogP contribution in [0.25, 0.3) is 0 Å². The third-order valence-electron chi connectivity index (χ3n) is 3.73. The molecular formula is C12H18N2S. The van der Waals surface area contributed by atoms with Crippen molar-refractivity contribution in [1.29, 1.82) is 0 Å². The molecule has 1 N–H and O–H groups in total. The van der Waals surface area contributed by atoms with Gasteiger partial charge in [0.15, 0.2) is 0 Å². The molecule has 1 aromatic rings. The van der Waals surface area contributed by atoms with E-state index in [-0.39, 0.29) is 5.54 Å². The van der Waals surface area contributed by atoms with E-state index in [9.17, 15) is 0 Å². The van der Waals surface area contributed by atoms with Gasteiger partial charge >= 0.3 is 0 Å². The van der Waals surface area contributed by atoms with Gasteiger partial charge in [-0.2, -0.15) is 0 Å². The van der Waals surface area contributed by atoms with Crippen LogP contribution in [0.5, 0.6) is 0 Å². The topological polar surface area (TPSA) is 24.9 Å². The van der Waals surface area contributed by atoms with Gasteiger partial charge in [0.2, 0.25) is 0 Å². The Morgan fingerprint density at radius 1 is 1.33 bits per heavy atom. The molecule has 0 atom stereocenters. The number of thiazole rings is 1. The fourth-order valence-electron chi connectivity index (χ4n) is 2.73. The van der Waals surface area contributed by atoms with E-state index in [1.807, 2.05) is 11.3 Å². The zero-order valence-electron chi connectivity index (χ0n) is 9.31. The maximum Gasteiger partial charge on any atom is 0.113 e. The summed E-state index contributed by atoms with van der Waals surface area (Å²) in [5, 5.41) is 5.02. The van der Waals surface area contributed by atoms with Gasteiger partial charge in [0.1, 0.15) is 5.01 Å². The standard InChI is InChI=1S/C12H18N2S/c1-2-13-12(7-4-8-12)11-14-9-5-3-6-10(9)15-11/h13H,2-8H2,1H3. The monoisotopic (exact) mass is 222 g/mol. The van der Waals surface area contributed by atoms with Crippen LogP contribution in [-0.4, -0.2) is 11.5 Å². The highest BCUT2D eigenvalue weighted by Gasteiger charge is 2.41. The van der Waals surface area contributed by atoms with Gasteiger partial charge in [0.25, 0.3) is 0 Å². The lowest BCUT2D eigenvalue weighted by Gasteiger charge is -2.41. The van der Waals surface area contributed by atoms with E-state index in [0.717, 1.165) is 6.54 Å². The summed E-state index contributed by atoms with van der Waals surface area (Å²) in [6.07, 6.45) is 7.74. The largest absolute Gasteiger partial charge is 0.306 e. The Morgan fingerprint density at radius 2 is 2.20 bits per heavy atom. The summed E-state index contributed by atoms with van der Waals surface area (Å²) in [7, 11) is 0. The molecule has 2 aliphatic carbocycles. The van der Waals surface area contributed by atoms with Crippen molar-refractivity contribution in [2.45, 2.75) is 51.0 Å². The van der Waals surface area contributed by atoms with Gasteiger partial charge in [-0.3, -0.25) is 0 Å². The Kier molecular flexibility index (Phi) is 2.33. The van der Waals surface area contributed by atoms with Gasteiger partial charge in [-0.05, 0) is 45.1 Å². The summed E-state index contributed by atoms with van der Waals surface area (Å²) in [5.74, 6) is 0. The zero-order valence-corrected chi connectivity index (χ0v) is 10.1. The molecule has 0 bridgehead atoms. The summed E-state index contributed by atoms with van der Waals surface area (Å²) in [6.45, 7) is 3.26. The van der Waals surface area contributed by atoms with Gasteiger partial charge in [0.05, 0.1) is 11.2 Å². The Bertz CT molecular complexity index is 344. The first-order valence-electron chi connectivity index (χ1n) is 6.08. The molecule has 0 spiro atoms. The number of rotatable bonds is 3. The predicted octanol–water partition coefficient (Wildman–Crippen LogP) is 2.62. The average molecular weight is 222 g/mol. The average Bonchev–Trinajstić information content (AvgIpc) is 2.70. The van der Waals surface area contributed by atoms with Crippen LogP contribution in [-0.2, 0) is 18.4 Å². The summed E-state index contributed by atoms with van der Waals surface area (Å²) in [5.41, 5.74) is 1.67. The second-order valence-corrected chi connectivity index (χ2v) is 5.79. The normalized spacial score (nSPS) is 22.5. The molecule has 82 valence electrons. The third kappa shape index (κ3) is 1.44. The number of aryl methyl sites for hydroxylation is 2. The van der Waals surface area contributed by atoms with Crippen LogP contribution in [0.15, 0.2) is 0 Å². The van der Waals surface area contributed by atoms with Crippen molar-refractivity contribution in [2.75, 3.05) is 6.54 Å². The molecule has 2 aliphatic rings. The number of fused-ring (bicyclic) bond motifs is 1. The molecule has 15 heavy (non-hydrogen) atoms. The highest BCUT2D eigenvalue weighted by atomic mass is 32.1. The maximum atomic E-state index is 4.86. The van der Waals surface area contributed by atoms with E-state index < -0.39 is 0 Å². The van der Waals surface area contributed by atoms with Crippen molar-refractivity contribution in [3.05, 3.63) is 15.6 Å². The summed E-state index contributed by atoms with van der Waals surface area (Å²) in [4.78, 5) is 6.42. The van der Waals surface area contributed by atoms with Gasteiger partial charge in [-0.1, -0.05) is 6.92 Å². The molecule has 3 rings (SSSR count). The van der Waals surface area contributed by atoms with Crippen molar-refractivity contribution < 1.29 is 0 Å². The minimum absolute atomic E-state index is 0.268. The second-order valence-electron chi connectivity index (χ2n) is 4.71. The highest BCUT2D eigenvalue weighted by Crippen LogP contribution is 2.44. The number of nitrogens with one attached hydrogen (secondary N) is 1. The van der Waals surface area contributed by atoms with Crippen LogP contribution in [0.1, 0.15) is 48.2 Å². The van der Waals surface area contributed by atoms with Crippen molar-refractivity contribution in [1.82, 2.24) is 10.3 Å². The highest BCUT2D eigenvalue weighted by molar-refractivity contribution is 7.12. The molecule has 0 saturated heterocycles. The van der Waals surface area contributed by atoms with Gasteiger partial charge < -0.3 is 5.32 Å². The fourth-order valence-corrected chi connectivity index (χ4v) is 4.10. The van der Waals surface area contributed by atoms with Crippen LogP contribution in [0.4, 0.5) is 0 Å². The van der Waals surface area contributed by atoms with Crippen LogP contribution >= 0.6 is 11.3 Å². The lowest BCUT2D eigenvalue weighted by molar-refractivity contribution is 0.189. The molecule has 0 radical (unpaired) electrons. The first-order chi connectivity index (χ1) is 7.34. The Morgan fingerprint density at radius 3 is 2.80 bits per heavy atom. The SMILES string of the molecule is CCNC1(c2nc3c(s2)CCC3)CCC1. The lowest BCUT2D eigenvalue weighted by Crippen LogP contribution is -2.47. The summed E-state index contributed by atoms with van der Waals surface area (Å²) >= 11 is 1.97. The van der Waals surface area contributed by atoms with Crippen molar-refractivity contribution in [2.24, 2.45) is 0 Å². The number of nitrogens with zero attached hydrogens (tertiary/aromatic N) is 1. The van der Waals surface area contributed by atoms with Gasteiger partial charge in [0, 0.05) is 4.88 Å². The van der Waals surface area contributed by atoms with E-state index in [0.29, 0.717) is 0 Å². The van der Waals surface area contributed by atoms with Crippen LogP contribution in [0, 0.1) is 0 Å². The molecule has 1 saturated carbocycles. The van der Waals surface area contributed by atoms with Gasteiger partial charge in [-0.15, -0.1) is 11.3 Å². The minimum Gasteiger partial charge on any atom is -0.306 e. The maximum absolute atomic E-state index is 4.86. The predicted molar refractivity (Wildman–Crippen MR) is 63.3 cm³/mol. The van der Waals surface area contributed by atoms with Crippen LogP contribution < -0.4 is 5.32 Å². The van der Waals surface area contributed by atoms with Crippen molar-refractivity contribution in [3.63, 3.8) is 0 Å². The number of hydrogen-bond acceptors (Lipinski definition) is 3. The lowest BCUT2D eigenvalue weighted by atomic mass is 9.77. The molecule has 2 nitrogen and oxygen atoms in total. The molecule has 3 heteroatoms. The molecule has 1 fully saturated rings. The van der Waals surface area contributed by atoms with Crippen molar-refractivity contribution in [3.8, 4) is 0 Å². The van der Waals surface area contributed by atoms with E-state index in [4.69, 9.17) is 4.98 Å². The molecule has 0 unspecified atom stereocenters. The summed E-state index contributed by atoms with van der Waals surface area (Å²) < 4.78 is 0. The molecule has 0 aromatic carbocycles. The number of hydrogen-bond donors (Lipinski definition) is 1. The first-order valence-corrected chi connectivity index (χ1v) is 6.90. The van der Waals surface area contributed by atoms with E-state index in [1.165, 1.54) is 49.2 Å². The zero-order chi connectivity index (χ0) is 10.3. The molecular weight excluding hydrogens is 204 g/mol. The van der Waals surface area contributed by atoms with Crippen LogP contribution in [0.2, 0.25) is 0 Å². The molecule has 1 aromatic heterocycles. The Labute approximate surface area is 95.1 Å². The molecule has 1 heterocycles. The third-order valence-corrected chi connectivity index (χ3v) is 5.09. The Hall–Kier alpha value is -0.410. The summed E-state index contributed by atoms with van der Waals surface area (Å²) in [6, 6.07) is 0.